The van der Waals surface area contributed by atoms with E-state index < -0.39 is 5.97 Å². The Morgan fingerprint density at radius 2 is 1.85 bits per heavy atom. The van der Waals surface area contributed by atoms with Crippen molar-refractivity contribution in [3.05, 3.63) is 53.6 Å². The smallest absolute Gasteiger partial charge is 0.337 e. The van der Waals surface area contributed by atoms with Crippen LogP contribution in [0.5, 0.6) is 5.75 Å². The van der Waals surface area contributed by atoms with Crippen molar-refractivity contribution < 1.29 is 14.3 Å². The standard InChI is InChI=1S/C16H13NO3/c1-19-15-9-11(16(18)20-2)7-8-14(15)13-6-4-3-5-12(13)10-17/h3-9H,1-2H3. The number of rotatable bonds is 3. The van der Waals surface area contributed by atoms with Crippen LogP contribution in [0.25, 0.3) is 11.1 Å². The Labute approximate surface area is 117 Å². The fourth-order valence-electron chi connectivity index (χ4n) is 1.97. The molecule has 0 fully saturated rings. The lowest BCUT2D eigenvalue weighted by molar-refractivity contribution is 0.0600. The van der Waals surface area contributed by atoms with Crippen molar-refractivity contribution in [3.8, 4) is 22.9 Å². The van der Waals surface area contributed by atoms with Crippen LogP contribution in [-0.4, -0.2) is 20.2 Å². The molecule has 4 nitrogen and oxygen atoms in total. The number of benzene rings is 2. The second kappa shape index (κ2) is 5.89. The summed E-state index contributed by atoms with van der Waals surface area (Å²) in [6.07, 6.45) is 0. The molecule has 100 valence electrons. The minimum Gasteiger partial charge on any atom is -0.496 e. The van der Waals surface area contributed by atoms with Crippen molar-refractivity contribution >= 4 is 5.97 Å². The second-order valence-corrected chi connectivity index (χ2v) is 4.06. The predicted molar refractivity (Wildman–Crippen MR) is 74.5 cm³/mol. The highest BCUT2D eigenvalue weighted by molar-refractivity contribution is 5.91. The van der Waals surface area contributed by atoms with Crippen molar-refractivity contribution in [2.75, 3.05) is 14.2 Å². The van der Waals surface area contributed by atoms with E-state index in [2.05, 4.69) is 10.8 Å². The Hall–Kier alpha value is -2.80. The zero-order valence-corrected chi connectivity index (χ0v) is 11.2. The fraction of sp³-hybridized carbons (Fsp3) is 0.125. The molecular weight excluding hydrogens is 254 g/mol. The highest BCUT2D eigenvalue weighted by atomic mass is 16.5. The zero-order chi connectivity index (χ0) is 14.5. The number of nitriles is 1. The third kappa shape index (κ3) is 2.47. The summed E-state index contributed by atoms with van der Waals surface area (Å²) in [5, 5.41) is 9.16. The largest absolute Gasteiger partial charge is 0.496 e. The molecule has 0 spiro atoms. The van der Waals surface area contributed by atoms with Gasteiger partial charge in [-0.25, -0.2) is 4.79 Å². The molecule has 0 aliphatic rings. The average Bonchev–Trinajstić information content (AvgIpc) is 2.53. The minimum absolute atomic E-state index is 0.405. The van der Waals surface area contributed by atoms with E-state index >= 15 is 0 Å². The summed E-state index contributed by atoms with van der Waals surface area (Å²) in [4.78, 5) is 11.5. The molecule has 0 aliphatic heterocycles. The van der Waals surface area contributed by atoms with Gasteiger partial charge in [-0.2, -0.15) is 5.26 Å². The first-order valence-corrected chi connectivity index (χ1v) is 5.97. The van der Waals surface area contributed by atoms with Gasteiger partial charge in [0.05, 0.1) is 31.4 Å². The van der Waals surface area contributed by atoms with Gasteiger partial charge >= 0.3 is 5.97 Å². The molecule has 20 heavy (non-hydrogen) atoms. The SMILES string of the molecule is COC(=O)c1ccc(-c2ccccc2C#N)c(OC)c1. The van der Waals surface area contributed by atoms with Gasteiger partial charge in [-0.05, 0) is 24.3 Å². The molecular formula is C16H13NO3. The lowest BCUT2D eigenvalue weighted by Gasteiger charge is -2.11. The second-order valence-electron chi connectivity index (χ2n) is 4.06. The molecule has 0 bridgehead atoms. The number of hydrogen-bond donors (Lipinski definition) is 0. The Kier molecular flexibility index (Phi) is 4.02. The molecule has 2 rings (SSSR count). The molecule has 0 amide bonds. The van der Waals surface area contributed by atoms with E-state index in [1.165, 1.54) is 14.2 Å². The van der Waals surface area contributed by atoms with E-state index in [4.69, 9.17) is 10.00 Å². The quantitative estimate of drug-likeness (QED) is 0.802. The number of ether oxygens (including phenoxy) is 2. The summed E-state index contributed by atoms with van der Waals surface area (Å²) in [6.45, 7) is 0. The van der Waals surface area contributed by atoms with Crippen LogP contribution in [0.15, 0.2) is 42.5 Å². The van der Waals surface area contributed by atoms with Crippen molar-refractivity contribution in [2.45, 2.75) is 0 Å². The fourth-order valence-corrected chi connectivity index (χ4v) is 1.97. The molecule has 0 atom stereocenters. The van der Waals surface area contributed by atoms with Crippen LogP contribution in [0.3, 0.4) is 0 Å². The predicted octanol–water partition coefficient (Wildman–Crippen LogP) is 3.02. The number of methoxy groups -OCH3 is 2. The Morgan fingerprint density at radius 3 is 2.50 bits per heavy atom. The van der Waals surface area contributed by atoms with Gasteiger partial charge in [-0.3, -0.25) is 0 Å². The summed E-state index contributed by atoms with van der Waals surface area (Å²) in [5.74, 6) is 0.0963. The lowest BCUT2D eigenvalue weighted by atomic mass is 9.98. The third-order valence-electron chi connectivity index (χ3n) is 2.96. The molecule has 2 aromatic carbocycles. The summed E-state index contributed by atoms with van der Waals surface area (Å²) in [7, 11) is 2.85. The number of carbonyl (C=O) groups excluding carboxylic acids is 1. The highest BCUT2D eigenvalue weighted by Crippen LogP contribution is 2.33. The Balaban J connectivity index is 2.58. The van der Waals surface area contributed by atoms with Gasteiger partial charge in [0, 0.05) is 11.1 Å². The molecule has 0 aromatic heterocycles. The topological polar surface area (TPSA) is 59.3 Å². The summed E-state index contributed by atoms with van der Waals surface area (Å²) >= 11 is 0. The van der Waals surface area contributed by atoms with Crippen LogP contribution < -0.4 is 4.74 Å². The summed E-state index contributed by atoms with van der Waals surface area (Å²) in [6, 6.07) is 14.4. The lowest BCUT2D eigenvalue weighted by Crippen LogP contribution is -2.02. The first-order valence-electron chi connectivity index (χ1n) is 5.97. The van der Waals surface area contributed by atoms with Gasteiger partial charge < -0.3 is 9.47 Å². The molecule has 0 radical (unpaired) electrons. The van der Waals surface area contributed by atoms with Gasteiger partial charge in [0.15, 0.2) is 0 Å². The van der Waals surface area contributed by atoms with Crippen molar-refractivity contribution in [1.29, 1.82) is 5.26 Å². The number of carbonyl (C=O) groups is 1. The molecule has 0 saturated carbocycles. The van der Waals surface area contributed by atoms with Gasteiger partial charge in [-0.15, -0.1) is 0 Å². The van der Waals surface area contributed by atoms with Crippen LogP contribution in [-0.2, 0) is 4.74 Å². The number of esters is 1. The summed E-state index contributed by atoms with van der Waals surface area (Å²) < 4.78 is 10.00. The van der Waals surface area contributed by atoms with Crippen molar-refractivity contribution in [1.82, 2.24) is 0 Å². The van der Waals surface area contributed by atoms with Crippen LogP contribution in [0, 0.1) is 11.3 Å². The monoisotopic (exact) mass is 267 g/mol. The van der Waals surface area contributed by atoms with E-state index in [9.17, 15) is 4.79 Å². The van der Waals surface area contributed by atoms with Crippen LogP contribution in [0.2, 0.25) is 0 Å². The maximum Gasteiger partial charge on any atom is 0.337 e. The molecule has 0 saturated heterocycles. The average molecular weight is 267 g/mol. The van der Waals surface area contributed by atoms with Crippen LogP contribution in [0.4, 0.5) is 0 Å². The maximum absolute atomic E-state index is 11.5. The van der Waals surface area contributed by atoms with Gasteiger partial charge in [0.1, 0.15) is 5.75 Å². The van der Waals surface area contributed by atoms with Crippen LogP contribution >= 0.6 is 0 Å². The maximum atomic E-state index is 11.5. The van der Waals surface area contributed by atoms with Crippen molar-refractivity contribution in [3.63, 3.8) is 0 Å². The zero-order valence-electron chi connectivity index (χ0n) is 11.2. The Morgan fingerprint density at radius 1 is 1.10 bits per heavy atom. The van der Waals surface area contributed by atoms with E-state index in [0.29, 0.717) is 16.9 Å². The van der Waals surface area contributed by atoms with E-state index in [1.54, 1.807) is 30.3 Å². The van der Waals surface area contributed by atoms with Crippen molar-refractivity contribution in [2.24, 2.45) is 0 Å². The first-order chi connectivity index (χ1) is 9.71. The Bertz CT molecular complexity index is 686. The molecule has 0 N–H and O–H groups in total. The van der Waals surface area contributed by atoms with Gasteiger partial charge in [0.25, 0.3) is 0 Å². The molecule has 0 aliphatic carbocycles. The number of hydrogen-bond acceptors (Lipinski definition) is 4. The summed E-state index contributed by atoms with van der Waals surface area (Å²) in [5.41, 5.74) is 2.49. The molecule has 0 unspecified atom stereocenters. The highest BCUT2D eigenvalue weighted by Gasteiger charge is 2.13. The molecule has 2 aromatic rings. The van der Waals surface area contributed by atoms with E-state index in [-0.39, 0.29) is 0 Å². The van der Waals surface area contributed by atoms with Crippen LogP contribution in [0.1, 0.15) is 15.9 Å². The van der Waals surface area contributed by atoms with Gasteiger partial charge in [0.2, 0.25) is 0 Å². The van der Waals surface area contributed by atoms with E-state index in [1.807, 2.05) is 12.1 Å². The molecule has 4 heteroatoms. The normalized spacial score (nSPS) is 9.65. The number of nitrogens with zero attached hydrogens (tertiary/aromatic N) is 1. The first kappa shape index (κ1) is 13.6. The minimum atomic E-state index is -0.427. The van der Waals surface area contributed by atoms with Gasteiger partial charge in [-0.1, -0.05) is 18.2 Å². The van der Waals surface area contributed by atoms with E-state index in [0.717, 1.165) is 11.1 Å². The molecule has 0 heterocycles. The third-order valence-corrected chi connectivity index (χ3v) is 2.96.